The van der Waals surface area contributed by atoms with E-state index in [0.717, 1.165) is 44.0 Å². The van der Waals surface area contributed by atoms with Gasteiger partial charge in [0.15, 0.2) is 0 Å². The summed E-state index contributed by atoms with van der Waals surface area (Å²) in [5, 5.41) is 6.27. The predicted molar refractivity (Wildman–Crippen MR) is 81.7 cm³/mol. The zero-order chi connectivity index (χ0) is 14.4. The monoisotopic (exact) mass is 299 g/mol. The number of rotatable bonds is 4. The molecule has 20 heavy (non-hydrogen) atoms. The third kappa shape index (κ3) is 4.38. The van der Waals surface area contributed by atoms with Gasteiger partial charge < -0.3 is 15.5 Å². The number of amides is 2. The molecule has 2 aliphatic rings. The van der Waals surface area contributed by atoms with Crippen LogP contribution >= 0.6 is 11.8 Å². The molecule has 1 unspecified atom stereocenters. The fourth-order valence-electron chi connectivity index (χ4n) is 2.80. The van der Waals surface area contributed by atoms with E-state index in [1.807, 2.05) is 23.6 Å². The van der Waals surface area contributed by atoms with Gasteiger partial charge in [0.1, 0.15) is 0 Å². The van der Waals surface area contributed by atoms with Crippen LogP contribution in [0, 0.1) is 5.92 Å². The molecule has 2 N–H and O–H groups in total. The lowest BCUT2D eigenvalue weighted by Crippen LogP contribution is -2.46. The van der Waals surface area contributed by atoms with Gasteiger partial charge in [-0.1, -0.05) is 0 Å². The van der Waals surface area contributed by atoms with E-state index in [1.54, 1.807) is 0 Å². The third-order valence-corrected chi connectivity index (χ3v) is 5.12. The fourth-order valence-corrected chi connectivity index (χ4v) is 3.75. The van der Waals surface area contributed by atoms with E-state index in [9.17, 15) is 9.59 Å². The zero-order valence-corrected chi connectivity index (χ0v) is 13.0. The minimum absolute atomic E-state index is 0.0855. The molecule has 0 aromatic heterocycles. The minimum atomic E-state index is 0.0855. The standard InChI is InChI=1S/C14H25N3O2S/c1-2-15-14(19)11-3-6-17(7-4-11)13(18)9-12-10-20-8-5-16-12/h11-12,16H,2-10H2,1H3,(H,15,19). The Morgan fingerprint density at radius 2 is 2.10 bits per heavy atom. The van der Waals surface area contributed by atoms with Gasteiger partial charge in [-0.25, -0.2) is 0 Å². The predicted octanol–water partition coefficient (Wildman–Crippen LogP) is 0.456. The molecule has 114 valence electrons. The maximum Gasteiger partial charge on any atom is 0.224 e. The SMILES string of the molecule is CCNC(=O)C1CCN(C(=O)CC2CSCCN2)CC1. The number of hydrogen-bond acceptors (Lipinski definition) is 4. The number of piperidine rings is 1. The van der Waals surface area contributed by atoms with Crippen LogP contribution in [0.3, 0.4) is 0 Å². The number of nitrogens with zero attached hydrogens (tertiary/aromatic N) is 1. The number of hydrogen-bond donors (Lipinski definition) is 2. The summed E-state index contributed by atoms with van der Waals surface area (Å²) in [5.74, 6) is 2.63. The van der Waals surface area contributed by atoms with Crippen molar-refractivity contribution in [2.45, 2.75) is 32.2 Å². The number of thioether (sulfide) groups is 1. The van der Waals surface area contributed by atoms with Crippen LogP contribution in [0.25, 0.3) is 0 Å². The van der Waals surface area contributed by atoms with Gasteiger partial charge in [0.2, 0.25) is 11.8 Å². The van der Waals surface area contributed by atoms with E-state index in [4.69, 9.17) is 0 Å². The summed E-state index contributed by atoms with van der Waals surface area (Å²) < 4.78 is 0. The molecule has 2 amide bonds. The van der Waals surface area contributed by atoms with Crippen LogP contribution in [-0.4, -0.2) is 60.4 Å². The first-order valence-corrected chi connectivity index (χ1v) is 8.72. The summed E-state index contributed by atoms with van der Waals surface area (Å²) in [6, 6.07) is 0.322. The van der Waals surface area contributed by atoms with Crippen LogP contribution in [0.2, 0.25) is 0 Å². The number of likely N-dealkylation sites (tertiary alicyclic amines) is 1. The van der Waals surface area contributed by atoms with E-state index in [2.05, 4.69) is 10.6 Å². The van der Waals surface area contributed by atoms with E-state index in [-0.39, 0.29) is 17.7 Å². The molecule has 1 atom stereocenters. The molecule has 0 radical (unpaired) electrons. The van der Waals surface area contributed by atoms with Gasteiger partial charge in [-0.3, -0.25) is 9.59 Å². The van der Waals surface area contributed by atoms with Crippen molar-refractivity contribution in [2.24, 2.45) is 5.92 Å². The lowest BCUT2D eigenvalue weighted by Gasteiger charge is -2.33. The molecule has 6 heteroatoms. The Labute approximate surface area is 125 Å². The van der Waals surface area contributed by atoms with Gasteiger partial charge in [0.25, 0.3) is 0 Å². The van der Waals surface area contributed by atoms with Gasteiger partial charge in [0, 0.05) is 56.1 Å². The summed E-state index contributed by atoms with van der Waals surface area (Å²) in [7, 11) is 0. The molecule has 2 rings (SSSR count). The molecule has 0 aromatic rings. The molecular weight excluding hydrogens is 274 g/mol. The van der Waals surface area contributed by atoms with Crippen molar-refractivity contribution >= 4 is 23.6 Å². The maximum atomic E-state index is 12.2. The van der Waals surface area contributed by atoms with Crippen LogP contribution < -0.4 is 10.6 Å². The Bertz CT molecular complexity index is 337. The van der Waals surface area contributed by atoms with Crippen molar-refractivity contribution in [3.63, 3.8) is 0 Å². The quantitative estimate of drug-likeness (QED) is 0.791. The first kappa shape index (κ1) is 15.6. The number of carbonyl (C=O) groups is 2. The molecule has 2 heterocycles. The lowest BCUT2D eigenvalue weighted by atomic mass is 9.95. The van der Waals surface area contributed by atoms with Crippen molar-refractivity contribution in [1.82, 2.24) is 15.5 Å². The highest BCUT2D eigenvalue weighted by Crippen LogP contribution is 2.19. The fraction of sp³-hybridized carbons (Fsp3) is 0.857. The normalized spacial score (nSPS) is 24.4. The van der Waals surface area contributed by atoms with Crippen LogP contribution in [0.5, 0.6) is 0 Å². The van der Waals surface area contributed by atoms with Crippen molar-refractivity contribution in [3.05, 3.63) is 0 Å². The summed E-state index contributed by atoms with van der Waals surface area (Å²) in [6.07, 6.45) is 2.19. The molecule has 2 fully saturated rings. The second-order valence-corrected chi connectivity index (χ2v) is 6.63. The maximum absolute atomic E-state index is 12.2. The summed E-state index contributed by atoms with van der Waals surface area (Å²) in [4.78, 5) is 25.9. The van der Waals surface area contributed by atoms with Crippen LogP contribution in [0.15, 0.2) is 0 Å². The summed E-state index contributed by atoms with van der Waals surface area (Å²) >= 11 is 1.92. The second-order valence-electron chi connectivity index (χ2n) is 5.48. The topological polar surface area (TPSA) is 61.4 Å². The van der Waals surface area contributed by atoms with Crippen molar-refractivity contribution in [1.29, 1.82) is 0 Å². The Hall–Kier alpha value is -0.750. The van der Waals surface area contributed by atoms with Crippen molar-refractivity contribution in [2.75, 3.05) is 37.7 Å². The molecule has 0 aromatic carbocycles. The smallest absolute Gasteiger partial charge is 0.224 e. The van der Waals surface area contributed by atoms with E-state index >= 15 is 0 Å². The first-order valence-electron chi connectivity index (χ1n) is 7.57. The molecule has 2 aliphatic heterocycles. The van der Waals surface area contributed by atoms with E-state index < -0.39 is 0 Å². The zero-order valence-electron chi connectivity index (χ0n) is 12.2. The molecule has 0 bridgehead atoms. The second kappa shape index (κ2) is 7.88. The molecule has 0 saturated carbocycles. The third-order valence-electron chi connectivity index (χ3n) is 3.99. The lowest BCUT2D eigenvalue weighted by molar-refractivity contribution is -0.135. The highest BCUT2D eigenvalue weighted by Gasteiger charge is 2.28. The van der Waals surface area contributed by atoms with Gasteiger partial charge in [-0.15, -0.1) is 0 Å². The Morgan fingerprint density at radius 1 is 1.35 bits per heavy atom. The van der Waals surface area contributed by atoms with Gasteiger partial charge in [-0.2, -0.15) is 11.8 Å². The van der Waals surface area contributed by atoms with E-state index in [0.29, 0.717) is 19.0 Å². The largest absolute Gasteiger partial charge is 0.356 e. The Morgan fingerprint density at radius 3 is 2.70 bits per heavy atom. The molecular formula is C14H25N3O2S. The van der Waals surface area contributed by atoms with Crippen molar-refractivity contribution < 1.29 is 9.59 Å². The average molecular weight is 299 g/mol. The summed E-state index contributed by atoms with van der Waals surface area (Å²) in [6.45, 7) is 5.07. The Balaban J connectivity index is 1.72. The molecule has 0 spiro atoms. The van der Waals surface area contributed by atoms with Crippen LogP contribution in [-0.2, 0) is 9.59 Å². The number of carbonyl (C=O) groups excluding carboxylic acids is 2. The van der Waals surface area contributed by atoms with Crippen LogP contribution in [0.4, 0.5) is 0 Å². The Kier molecular flexibility index (Phi) is 6.16. The van der Waals surface area contributed by atoms with Gasteiger partial charge >= 0.3 is 0 Å². The molecule has 0 aliphatic carbocycles. The molecule has 2 saturated heterocycles. The van der Waals surface area contributed by atoms with Crippen molar-refractivity contribution in [3.8, 4) is 0 Å². The van der Waals surface area contributed by atoms with Gasteiger partial charge in [0.05, 0.1) is 0 Å². The number of nitrogens with one attached hydrogen (secondary N) is 2. The van der Waals surface area contributed by atoms with E-state index in [1.165, 1.54) is 0 Å². The molecule has 5 nitrogen and oxygen atoms in total. The summed E-state index contributed by atoms with van der Waals surface area (Å²) in [5.41, 5.74) is 0. The minimum Gasteiger partial charge on any atom is -0.356 e. The first-order chi connectivity index (χ1) is 9.70. The van der Waals surface area contributed by atoms with Crippen LogP contribution in [0.1, 0.15) is 26.2 Å². The average Bonchev–Trinajstić information content (AvgIpc) is 2.48. The highest BCUT2D eigenvalue weighted by molar-refractivity contribution is 7.99. The highest BCUT2D eigenvalue weighted by atomic mass is 32.2. The van der Waals surface area contributed by atoms with Gasteiger partial charge in [-0.05, 0) is 19.8 Å².